The van der Waals surface area contributed by atoms with E-state index < -0.39 is 11.6 Å². The van der Waals surface area contributed by atoms with Gasteiger partial charge in [0, 0.05) is 17.9 Å². The molecule has 7 heteroatoms. The van der Waals surface area contributed by atoms with Gasteiger partial charge in [-0.1, -0.05) is 0 Å². The van der Waals surface area contributed by atoms with E-state index in [1.807, 2.05) is 0 Å². The zero-order valence-corrected chi connectivity index (χ0v) is 11.5. The second kappa shape index (κ2) is 6.42. The fourth-order valence-corrected chi connectivity index (χ4v) is 2.27. The Bertz CT molecular complexity index is 616. The molecule has 0 unspecified atom stereocenters. The molecule has 0 spiro atoms. The first-order chi connectivity index (χ1) is 9.58. The Hall–Kier alpha value is -2.02. The summed E-state index contributed by atoms with van der Waals surface area (Å²) in [4.78, 5) is 15.2. The van der Waals surface area contributed by atoms with Crippen LogP contribution < -0.4 is 5.32 Å². The molecule has 2 aromatic rings. The number of thiazole rings is 1. The van der Waals surface area contributed by atoms with Crippen molar-refractivity contribution in [3.05, 3.63) is 40.9 Å². The number of carbonyl (C=O) groups excluding carboxylic acids is 1. The highest BCUT2D eigenvalue weighted by Crippen LogP contribution is 2.24. The average molecular weight is 298 g/mol. The largest absolute Gasteiger partial charge is 0.469 e. The maximum Gasteiger partial charge on any atom is 0.305 e. The van der Waals surface area contributed by atoms with Crippen molar-refractivity contribution in [2.45, 2.75) is 12.8 Å². The van der Waals surface area contributed by atoms with Crippen LogP contribution in [0.25, 0.3) is 0 Å². The molecule has 0 radical (unpaired) electrons. The van der Waals surface area contributed by atoms with Gasteiger partial charge in [0.15, 0.2) is 5.13 Å². The summed E-state index contributed by atoms with van der Waals surface area (Å²) >= 11 is 1.28. The first kappa shape index (κ1) is 14.4. The van der Waals surface area contributed by atoms with Crippen LogP contribution in [-0.2, 0) is 16.0 Å². The smallest absolute Gasteiger partial charge is 0.305 e. The molecular formula is C13H12F2N2O2S. The summed E-state index contributed by atoms with van der Waals surface area (Å²) in [5.74, 6) is -1.63. The van der Waals surface area contributed by atoms with E-state index in [1.54, 1.807) is 5.38 Å². The summed E-state index contributed by atoms with van der Waals surface area (Å²) in [7, 11) is 1.33. The first-order valence-corrected chi connectivity index (χ1v) is 6.69. The van der Waals surface area contributed by atoms with Crippen LogP contribution in [0.5, 0.6) is 0 Å². The molecule has 1 aromatic heterocycles. The predicted octanol–water partition coefficient (Wildman–Crippen LogP) is 3.27. The number of ether oxygens (including phenoxy) is 1. The van der Waals surface area contributed by atoms with Crippen molar-refractivity contribution in [2.24, 2.45) is 0 Å². The van der Waals surface area contributed by atoms with Crippen molar-refractivity contribution >= 4 is 28.1 Å². The van der Waals surface area contributed by atoms with Gasteiger partial charge >= 0.3 is 5.97 Å². The molecule has 106 valence electrons. The number of hydrogen-bond donors (Lipinski definition) is 1. The highest BCUT2D eigenvalue weighted by molar-refractivity contribution is 7.13. The number of rotatable bonds is 5. The molecule has 0 fully saturated rings. The van der Waals surface area contributed by atoms with E-state index in [0.29, 0.717) is 17.2 Å². The van der Waals surface area contributed by atoms with Crippen molar-refractivity contribution in [2.75, 3.05) is 12.4 Å². The van der Waals surface area contributed by atoms with Gasteiger partial charge in [-0.3, -0.25) is 4.79 Å². The van der Waals surface area contributed by atoms with Gasteiger partial charge in [0.05, 0.1) is 24.9 Å². The first-order valence-electron chi connectivity index (χ1n) is 5.82. The van der Waals surface area contributed by atoms with Crippen LogP contribution in [0.15, 0.2) is 23.6 Å². The summed E-state index contributed by atoms with van der Waals surface area (Å²) in [6.45, 7) is 0. The number of nitrogens with one attached hydrogen (secondary N) is 1. The van der Waals surface area contributed by atoms with E-state index >= 15 is 0 Å². The molecule has 0 saturated carbocycles. The Morgan fingerprint density at radius 1 is 1.45 bits per heavy atom. The highest BCUT2D eigenvalue weighted by Gasteiger charge is 2.08. The van der Waals surface area contributed by atoms with E-state index in [9.17, 15) is 13.6 Å². The van der Waals surface area contributed by atoms with E-state index in [2.05, 4.69) is 15.0 Å². The maximum absolute atomic E-state index is 13.5. The Morgan fingerprint density at radius 3 is 2.95 bits per heavy atom. The van der Waals surface area contributed by atoms with Crippen LogP contribution in [0.2, 0.25) is 0 Å². The number of benzene rings is 1. The third-order valence-corrected chi connectivity index (χ3v) is 3.34. The molecule has 1 aromatic carbocycles. The molecule has 0 aliphatic carbocycles. The zero-order valence-electron chi connectivity index (χ0n) is 10.7. The second-order valence-electron chi connectivity index (χ2n) is 3.97. The predicted molar refractivity (Wildman–Crippen MR) is 72.1 cm³/mol. The number of hydrogen-bond acceptors (Lipinski definition) is 5. The SMILES string of the molecule is COC(=O)CCc1csc(Nc2ccc(F)cc2F)n1. The van der Waals surface area contributed by atoms with Crippen LogP contribution in [0, 0.1) is 11.6 Å². The summed E-state index contributed by atoms with van der Waals surface area (Å²) in [6, 6.07) is 3.27. The molecule has 1 N–H and O–H groups in total. The van der Waals surface area contributed by atoms with Gasteiger partial charge in [0.1, 0.15) is 11.6 Å². The molecule has 20 heavy (non-hydrogen) atoms. The van der Waals surface area contributed by atoms with Gasteiger partial charge in [-0.05, 0) is 12.1 Å². The van der Waals surface area contributed by atoms with Gasteiger partial charge in [-0.2, -0.15) is 0 Å². The van der Waals surface area contributed by atoms with Gasteiger partial charge in [-0.15, -0.1) is 11.3 Å². The molecular weight excluding hydrogens is 286 g/mol. The fourth-order valence-electron chi connectivity index (χ4n) is 1.52. The van der Waals surface area contributed by atoms with E-state index in [-0.39, 0.29) is 18.1 Å². The molecule has 1 heterocycles. The quantitative estimate of drug-likeness (QED) is 0.861. The van der Waals surface area contributed by atoms with Gasteiger partial charge < -0.3 is 10.1 Å². The molecule has 2 rings (SSSR count). The Balaban J connectivity index is 2.00. The number of aromatic nitrogens is 1. The second-order valence-corrected chi connectivity index (χ2v) is 4.83. The molecule has 0 atom stereocenters. The van der Waals surface area contributed by atoms with Crippen molar-refractivity contribution < 1.29 is 18.3 Å². The standard InChI is InChI=1S/C13H12F2N2O2S/c1-19-12(18)5-3-9-7-20-13(16-9)17-11-4-2-8(14)6-10(11)15/h2,4,6-7H,3,5H2,1H3,(H,16,17). The molecule has 0 amide bonds. The third kappa shape index (κ3) is 3.74. The lowest BCUT2D eigenvalue weighted by molar-refractivity contribution is -0.140. The molecule has 0 aliphatic heterocycles. The highest BCUT2D eigenvalue weighted by atomic mass is 32.1. The Kier molecular flexibility index (Phi) is 4.62. The summed E-state index contributed by atoms with van der Waals surface area (Å²) in [6.07, 6.45) is 0.696. The summed E-state index contributed by atoms with van der Waals surface area (Å²) < 4.78 is 30.8. The van der Waals surface area contributed by atoms with Crippen molar-refractivity contribution in [3.8, 4) is 0 Å². The fraction of sp³-hybridized carbons (Fsp3) is 0.231. The molecule has 0 aliphatic rings. The van der Waals surface area contributed by atoms with E-state index in [0.717, 1.165) is 12.1 Å². The van der Waals surface area contributed by atoms with Gasteiger partial charge in [0.2, 0.25) is 0 Å². The lowest BCUT2D eigenvalue weighted by Crippen LogP contribution is -2.02. The molecule has 0 saturated heterocycles. The van der Waals surface area contributed by atoms with Gasteiger partial charge in [0.25, 0.3) is 0 Å². The number of carbonyl (C=O) groups is 1. The lowest BCUT2D eigenvalue weighted by atomic mass is 10.2. The van der Waals surface area contributed by atoms with Crippen molar-refractivity contribution in [1.82, 2.24) is 4.98 Å². The lowest BCUT2D eigenvalue weighted by Gasteiger charge is -2.03. The summed E-state index contributed by atoms with van der Waals surface area (Å²) in [5.41, 5.74) is 0.866. The van der Waals surface area contributed by atoms with E-state index in [1.165, 1.54) is 24.5 Å². The molecule has 4 nitrogen and oxygen atoms in total. The monoisotopic (exact) mass is 298 g/mol. The minimum atomic E-state index is -0.684. The number of esters is 1. The van der Waals surface area contributed by atoms with E-state index in [4.69, 9.17) is 0 Å². The Morgan fingerprint density at radius 2 is 2.25 bits per heavy atom. The van der Waals surface area contributed by atoms with Crippen molar-refractivity contribution in [3.63, 3.8) is 0 Å². The molecule has 0 bridgehead atoms. The Labute approximate surface area is 118 Å². The normalized spacial score (nSPS) is 10.3. The maximum atomic E-state index is 13.5. The minimum Gasteiger partial charge on any atom is -0.469 e. The van der Waals surface area contributed by atoms with Crippen molar-refractivity contribution in [1.29, 1.82) is 0 Å². The van der Waals surface area contributed by atoms with Crippen LogP contribution in [0.3, 0.4) is 0 Å². The average Bonchev–Trinajstić information content (AvgIpc) is 2.87. The third-order valence-electron chi connectivity index (χ3n) is 2.54. The minimum absolute atomic E-state index is 0.153. The van der Waals surface area contributed by atoms with Crippen LogP contribution in [0.4, 0.5) is 19.6 Å². The number of nitrogens with zero attached hydrogens (tertiary/aromatic N) is 1. The topological polar surface area (TPSA) is 51.2 Å². The van der Waals surface area contributed by atoms with Crippen LogP contribution in [0.1, 0.15) is 12.1 Å². The number of aryl methyl sites for hydroxylation is 1. The number of methoxy groups -OCH3 is 1. The number of halogens is 2. The summed E-state index contributed by atoms with van der Waals surface area (Å²) in [5, 5.41) is 5.02. The zero-order chi connectivity index (χ0) is 14.5. The van der Waals surface area contributed by atoms with Crippen LogP contribution in [-0.4, -0.2) is 18.1 Å². The van der Waals surface area contributed by atoms with Gasteiger partial charge in [-0.25, -0.2) is 13.8 Å². The number of anilines is 2. The van der Waals surface area contributed by atoms with Crippen LogP contribution >= 0.6 is 11.3 Å².